The van der Waals surface area contributed by atoms with E-state index in [2.05, 4.69) is 14.9 Å². The second kappa shape index (κ2) is 5.08. The molecule has 0 bridgehead atoms. The largest absolute Gasteiger partial charge is 0.330 e. The first-order valence-electron chi connectivity index (χ1n) is 4.35. The zero-order chi connectivity index (χ0) is 10.4. The number of H-pyrrole nitrogens is 1. The number of aromatic nitrogens is 2. The van der Waals surface area contributed by atoms with Crippen LogP contribution in [0.25, 0.3) is 0 Å². The van der Waals surface area contributed by atoms with E-state index in [1.54, 1.807) is 0 Å². The summed E-state index contributed by atoms with van der Waals surface area (Å²) in [7, 11) is -3.38. The van der Waals surface area contributed by atoms with E-state index in [0.717, 1.165) is 12.8 Å². The number of nitrogens with zero attached hydrogens (tertiary/aromatic N) is 1. The van der Waals surface area contributed by atoms with Gasteiger partial charge in [-0.1, -0.05) is 0 Å². The van der Waals surface area contributed by atoms with E-state index in [1.165, 1.54) is 12.4 Å². The third kappa shape index (κ3) is 3.09. The van der Waals surface area contributed by atoms with Gasteiger partial charge in [0.25, 0.3) is 0 Å². The smallest absolute Gasteiger partial charge is 0.243 e. The van der Waals surface area contributed by atoms with Crippen LogP contribution in [0.2, 0.25) is 0 Å². The topological polar surface area (TPSA) is 101 Å². The van der Waals surface area contributed by atoms with Crippen molar-refractivity contribution in [2.45, 2.75) is 17.7 Å². The van der Waals surface area contributed by atoms with Crippen molar-refractivity contribution in [1.29, 1.82) is 0 Å². The van der Waals surface area contributed by atoms with Crippen molar-refractivity contribution in [1.82, 2.24) is 14.9 Å². The van der Waals surface area contributed by atoms with Gasteiger partial charge in [-0.2, -0.15) is 5.10 Å². The highest BCUT2D eigenvalue weighted by molar-refractivity contribution is 7.89. The summed E-state index contributed by atoms with van der Waals surface area (Å²) in [6.45, 7) is 0.984. The summed E-state index contributed by atoms with van der Waals surface area (Å²) in [6, 6.07) is 0. The predicted octanol–water partition coefficient (Wildman–Crippen LogP) is -0.573. The second-order valence-electron chi connectivity index (χ2n) is 2.83. The van der Waals surface area contributed by atoms with Crippen molar-refractivity contribution in [2.75, 3.05) is 13.1 Å². The first kappa shape index (κ1) is 11.2. The third-order valence-corrected chi connectivity index (χ3v) is 3.13. The number of sulfonamides is 1. The molecule has 1 aromatic heterocycles. The van der Waals surface area contributed by atoms with Gasteiger partial charge in [-0.3, -0.25) is 5.10 Å². The molecule has 0 saturated heterocycles. The zero-order valence-corrected chi connectivity index (χ0v) is 8.55. The lowest BCUT2D eigenvalue weighted by Gasteiger charge is -2.02. The molecule has 14 heavy (non-hydrogen) atoms. The van der Waals surface area contributed by atoms with Crippen LogP contribution < -0.4 is 10.5 Å². The SMILES string of the molecule is NCCCCNS(=O)(=O)c1cn[nH]c1. The Labute approximate surface area is 82.9 Å². The van der Waals surface area contributed by atoms with Crippen LogP contribution in [-0.2, 0) is 10.0 Å². The van der Waals surface area contributed by atoms with Crippen LogP contribution in [-0.4, -0.2) is 31.7 Å². The summed E-state index contributed by atoms with van der Waals surface area (Å²) in [5, 5.41) is 6.02. The van der Waals surface area contributed by atoms with Crippen LogP contribution in [0.5, 0.6) is 0 Å². The molecule has 0 aliphatic rings. The highest BCUT2D eigenvalue weighted by Gasteiger charge is 2.13. The van der Waals surface area contributed by atoms with Crippen molar-refractivity contribution >= 4 is 10.0 Å². The molecule has 0 radical (unpaired) electrons. The maximum absolute atomic E-state index is 11.5. The minimum atomic E-state index is -3.38. The van der Waals surface area contributed by atoms with Crippen molar-refractivity contribution in [3.63, 3.8) is 0 Å². The molecule has 0 spiro atoms. The van der Waals surface area contributed by atoms with Crippen molar-refractivity contribution in [3.05, 3.63) is 12.4 Å². The van der Waals surface area contributed by atoms with E-state index < -0.39 is 10.0 Å². The monoisotopic (exact) mass is 218 g/mol. The average molecular weight is 218 g/mol. The van der Waals surface area contributed by atoms with Crippen LogP contribution in [0, 0.1) is 0 Å². The van der Waals surface area contributed by atoms with Crippen molar-refractivity contribution in [3.8, 4) is 0 Å². The Bertz CT molecular complexity index is 346. The molecule has 0 aliphatic heterocycles. The lowest BCUT2D eigenvalue weighted by molar-refractivity contribution is 0.577. The Morgan fingerprint density at radius 1 is 1.50 bits per heavy atom. The number of rotatable bonds is 6. The molecule has 0 atom stereocenters. The van der Waals surface area contributed by atoms with Gasteiger partial charge in [0.05, 0.1) is 6.20 Å². The fraction of sp³-hybridized carbons (Fsp3) is 0.571. The Morgan fingerprint density at radius 3 is 2.86 bits per heavy atom. The Kier molecular flexibility index (Phi) is 4.05. The maximum atomic E-state index is 11.5. The minimum Gasteiger partial charge on any atom is -0.330 e. The fourth-order valence-corrected chi connectivity index (χ4v) is 1.92. The van der Waals surface area contributed by atoms with E-state index in [9.17, 15) is 8.42 Å². The summed E-state index contributed by atoms with van der Waals surface area (Å²) < 4.78 is 25.4. The van der Waals surface area contributed by atoms with Crippen LogP contribution >= 0.6 is 0 Å². The standard InChI is InChI=1S/C7H14N4O2S/c8-3-1-2-4-11-14(12,13)7-5-9-10-6-7/h5-6,11H,1-4,8H2,(H,9,10). The molecular weight excluding hydrogens is 204 g/mol. The van der Waals surface area contributed by atoms with Crippen LogP contribution in [0.4, 0.5) is 0 Å². The predicted molar refractivity (Wildman–Crippen MR) is 52.1 cm³/mol. The van der Waals surface area contributed by atoms with Gasteiger partial charge in [0, 0.05) is 12.7 Å². The Morgan fingerprint density at radius 2 is 2.29 bits per heavy atom. The van der Waals surface area contributed by atoms with Crippen LogP contribution in [0.15, 0.2) is 17.3 Å². The second-order valence-corrected chi connectivity index (χ2v) is 4.59. The maximum Gasteiger partial charge on any atom is 0.243 e. The number of unbranched alkanes of at least 4 members (excludes halogenated alkanes) is 1. The minimum absolute atomic E-state index is 0.158. The summed E-state index contributed by atoms with van der Waals surface area (Å²) in [4.78, 5) is 0.158. The van der Waals surface area contributed by atoms with E-state index in [1.807, 2.05) is 0 Å². The molecule has 0 unspecified atom stereocenters. The van der Waals surface area contributed by atoms with Crippen molar-refractivity contribution < 1.29 is 8.42 Å². The third-order valence-electron chi connectivity index (χ3n) is 1.71. The number of nitrogens with two attached hydrogens (primary N) is 1. The average Bonchev–Trinajstić information content (AvgIpc) is 2.65. The Balaban J connectivity index is 2.44. The fourth-order valence-electron chi connectivity index (χ4n) is 0.945. The molecule has 1 rings (SSSR count). The number of hydrogen-bond donors (Lipinski definition) is 3. The quantitative estimate of drug-likeness (QED) is 0.556. The first-order chi connectivity index (χ1) is 6.67. The molecule has 80 valence electrons. The number of hydrogen-bond acceptors (Lipinski definition) is 4. The van der Waals surface area contributed by atoms with Gasteiger partial charge < -0.3 is 5.73 Å². The molecule has 0 fully saturated rings. The molecule has 0 saturated carbocycles. The van der Waals surface area contributed by atoms with Gasteiger partial charge in [0.2, 0.25) is 10.0 Å². The molecular formula is C7H14N4O2S. The normalized spacial score (nSPS) is 11.8. The van der Waals surface area contributed by atoms with Gasteiger partial charge in [0.15, 0.2) is 0 Å². The summed E-state index contributed by atoms with van der Waals surface area (Å²) in [6.07, 6.45) is 4.16. The van der Waals surface area contributed by atoms with E-state index in [0.29, 0.717) is 13.1 Å². The van der Waals surface area contributed by atoms with Gasteiger partial charge in [-0.25, -0.2) is 13.1 Å². The molecule has 7 heteroatoms. The summed E-state index contributed by atoms with van der Waals surface area (Å²) in [5.41, 5.74) is 5.28. The number of nitrogens with one attached hydrogen (secondary N) is 2. The lowest BCUT2D eigenvalue weighted by atomic mass is 10.3. The Hall–Kier alpha value is -0.920. The summed E-state index contributed by atoms with van der Waals surface area (Å²) in [5.74, 6) is 0. The van der Waals surface area contributed by atoms with E-state index in [-0.39, 0.29) is 4.90 Å². The molecule has 1 heterocycles. The van der Waals surface area contributed by atoms with Gasteiger partial charge in [-0.05, 0) is 19.4 Å². The molecule has 1 aromatic rings. The molecule has 6 nitrogen and oxygen atoms in total. The number of aromatic amines is 1. The summed E-state index contributed by atoms with van der Waals surface area (Å²) >= 11 is 0. The molecule has 0 amide bonds. The zero-order valence-electron chi connectivity index (χ0n) is 7.73. The van der Waals surface area contributed by atoms with Crippen molar-refractivity contribution in [2.24, 2.45) is 5.73 Å². The van der Waals surface area contributed by atoms with Gasteiger partial charge in [0.1, 0.15) is 4.90 Å². The lowest BCUT2D eigenvalue weighted by Crippen LogP contribution is -2.24. The van der Waals surface area contributed by atoms with Crippen LogP contribution in [0.1, 0.15) is 12.8 Å². The molecule has 4 N–H and O–H groups in total. The van der Waals surface area contributed by atoms with Gasteiger partial charge in [-0.15, -0.1) is 0 Å². The van der Waals surface area contributed by atoms with Gasteiger partial charge >= 0.3 is 0 Å². The van der Waals surface area contributed by atoms with E-state index in [4.69, 9.17) is 5.73 Å². The highest BCUT2D eigenvalue weighted by atomic mass is 32.2. The molecule has 0 aromatic carbocycles. The highest BCUT2D eigenvalue weighted by Crippen LogP contribution is 2.03. The van der Waals surface area contributed by atoms with Crippen LogP contribution in [0.3, 0.4) is 0 Å². The first-order valence-corrected chi connectivity index (χ1v) is 5.83. The molecule has 0 aliphatic carbocycles. The van der Waals surface area contributed by atoms with E-state index >= 15 is 0 Å².